The van der Waals surface area contributed by atoms with Crippen molar-refractivity contribution in [2.75, 3.05) is 26.8 Å². The van der Waals surface area contributed by atoms with Crippen LogP contribution in [0.2, 0.25) is 0 Å². The van der Waals surface area contributed by atoms with Gasteiger partial charge in [-0.25, -0.2) is 0 Å². The van der Waals surface area contributed by atoms with E-state index in [0.717, 1.165) is 17.4 Å². The van der Waals surface area contributed by atoms with Gasteiger partial charge in [0.1, 0.15) is 0 Å². The molecule has 3 N–H and O–H groups in total. The zero-order valence-corrected chi connectivity index (χ0v) is 11.2. The molecule has 0 bridgehead atoms. The minimum Gasteiger partial charge on any atom is -0.383 e. The predicted octanol–water partition coefficient (Wildman–Crippen LogP) is 2.08. The lowest BCUT2D eigenvalue weighted by molar-refractivity contribution is 0.167. The van der Waals surface area contributed by atoms with Crippen molar-refractivity contribution < 1.29 is 4.74 Å². The topological polar surface area (TPSA) is 47.3 Å². The fourth-order valence-electron chi connectivity index (χ4n) is 1.51. The first kappa shape index (κ1) is 13.6. The van der Waals surface area contributed by atoms with Crippen LogP contribution in [0, 0.1) is 0 Å². The van der Waals surface area contributed by atoms with E-state index in [4.69, 9.17) is 10.5 Å². The van der Waals surface area contributed by atoms with Crippen LogP contribution in [0.1, 0.15) is 18.0 Å². The van der Waals surface area contributed by atoms with E-state index in [1.54, 1.807) is 7.11 Å². The highest BCUT2D eigenvalue weighted by atomic mass is 79.9. The fourth-order valence-corrected chi connectivity index (χ4v) is 1.78. The minimum atomic E-state index is 0.240. The average molecular weight is 287 g/mol. The molecular weight excluding hydrogens is 268 g/mol. The van der Waals surface area contributed by atoms with Crippen LogP contribution in [0.5, 0.6) is 0 Å². The molecule has 3 nitrogen and oxygen atoms in total. The third-order valence-corrected chi connectivity index (χ3v) is 2.91. The largest absolute Gasteiger partial charge is 0.383 e. The monoisotopic (exact) mass is 286 g/mol. The number of hydrogen-bond acceptors (Lipinski definition) is 3. The summed E-state index contributed by atoms with van der Waals surface area (Å²) in [5.41, 5.74) is 6.71. The van der Waals surface area contributed by atoms with E-state index in [2.05, 4.69) is 33.4 Å². The maximum absolute atomic E-state index is 5.47. The second-order valence-corrected chi connectivity index (χ2v) is 4.57. The fraction of sp³-hybridized carbons (Fsp3) is 0.500. The van der Waals surface area contributed by atoms with E-state index < -0.39 is 0 Å². The zero-order valence-electron chi connectivity index (χ0n) is 9.58. The molecule has 16 heavy (non-hydrogen) atoms. The first-order valence-corrected chi connectivity index (χ1v) is 6.25. The van der Waals surface area contributed by atoms with Crippen LogP contribution in [-0.2, 0) is 4.74 Å². The van der Waals surface area contributed by atoms with Crippen LogP contribution in [-0.4, -0.2) is 26.8 Å². The van der Waals surface area contributed by atoms with E-state index in [1.165, 1.54) is 5.56 Å². The highest BCUT2D eigenvalue weighted by Gasteiger charge is 2.09. The molecule has 0 saturated carbocycles. The Labute approximate surface area is 105 Å². The van der Waals surface area contributed by atoms with Gasteiger partial charge in [0, 0.05) is 11.6 Å². The summed E-state index contributed by atoms with van der Waals surface area (Å²) in [5.74, 6) is 0. The lowest BCUT2D eigenvalue weighted by Gasteiger charge is -2.18. The second kappa shape index (κ2) is 7.79. The van der Waals surface area contributed by atoms with E-state index in [-0.39, 0.29) is 6.04 Å². The summed E-state index contributed by atoms with van der Waals surface area (Å²) < 4.78 is 6.31. The molecule has 1 rings (SSSR count). The molecule has 1 atom stereocenters. The second-order valence-electron chi connectivity index (χ2n) is 3.66. The molecule has 1 aromatic rings. The van der Waals surface area contributed by atoms with E-state index in [1.807, 2.05) is 12.1 Å². The van der Waals surface area contributed by atoms with Crippen molar-refractivity contribution >= 4 is 15.9 Å². The van der Waals surface area contributed by atoms with Crippen LogP contribution in [0.3, 0.4) is 0 Å². The Morgan fingerprint density at radius 2 is 2.06 bits per heavy atom. The molecule has 0 heterocycles. The lowest BCUT2D eigenvalue weighted by atomic mass is 10.1. The van der Waals surface area contributed by atoms with Crippen molar-refractivity contribution in [2.45, 2.75) is 12.5 Å². The number of nitrogens with two attached hydrogens (primary N) is 1. The third-order valence-electron chi connectivity index (χ3n) is 2.38. The van der Waals surface area contributed by atoms with Crippen molar-refractivity contribution in [1.82, 2.24) is 5.32 Å². The molecule has 0 spiro atoms. The maximum atomic E-state index is 5.47. The summed E-state index contributed by atoms with van der Waals surface area (Å²) in [4.78, 5) is 0. The highest BCUT2D eigenvalue weighted by Crippen LogP contribution is 2.17. The van der Waals surface area contributed by atoms with E-state index in [0.29, 0.717) is 13.2 Å². The number of ether oxygens (including phenoxy) is 1. The van der Waals surface area contributed by atoms with Crippen LogP contribution in [0.15, 0.2) is 28.7 Å². The Balaban J connectivity index is 2.57. The summed E-state index contributed by atoms with van der Waals surface area (Å²) in [7, 11) is 1.72. The van der Waals surface area contributed by atoms with Gasteiger partial charge in [0.2, 0.25) is 0 Å². The van der Waals surface area contributed by atoms with Gasteiger partial charge < -0.3 is 15.8 Å². The van der Waals surface area contributed by atoms with Gasteiger partial charge in [-0.1, -0.05) is 28.1 Å². The Morgan fingerprint density at radius 1 is 1.38 bits per heavy atom. The van der Waals surface area contributed by atoms with E-state index in [9.17, 15) is 0 Å². The Hall–Kier alpha value is -0.420. The maximum Gasteiger partial charge on any atom is 0.0657 e. The molecular formula is C12H19BrN2O. The Bertz CT molecular complexity index is 290. The molecule has 0 aliphatic rings. The highest BCUT2D eigenvalue weighted by molar-refractivity contribution is 9.10. The molecule has 90 valence electrons. The SMILES string of the molecule is COCC(NCCCN)c1ccc(Br)cc1. The van der Waals surface area contributed by atoms with Gasteiger partial charge in [-0.3, -0.25) is 0 Å². The third kappa shape index (κ3) is 4.61. The molecule has 0 radical (unpaired) electrons. The predicted molar refractivity (Wildman–Crippen MR) is 70.4 cm³/mol. The van der Waals surface area contributed by atoms with Gasteiger partial charge in [-0.05, 0) is 37.2 Å². The smallest absolute Gasteiger partial charge is 0.0657 e. The molecule has 1 unspecified atom stereocenters. The van der Waals surface area contributed by atoms with Crippen molar-refractivity contribution in [2.24, 2.45) is 5.73 Å². The molecule has 0 aliphatic carbocycles. The van der Waals surface area contributed by atoms with Gasteiger partial charge in [-0.2, -0.15) is 0 Å². The quantitative estimate of drug-likeness (QED) is 0.755. The van der Waals surface area contributed by atoms with Crippen molar-refractivity contribution in [3.8, 4) is 0 Å². The molecule has 0 saturated heterocycles. The van der Waals surface area contributed by atoms with Gasteiger partial charge in [0.25, 0.3) is 0 Å². The number of benzene rings is 1. The zero-order chi connectivity index (χ0) is 11.8. The number of hydrogen-bond donors (Lipinski definition) is 2. The molecule has 0 amide bonds. The van der Waals surface area contributed by atoms with Crippen LogP contribution in [0.25, 0.3) is 0 Å². The summed E-state index contributed by atoms with van der Waals surface area (Å²) in [6, 6.07) is 8.53. The molecule has 0 fully saturated rings. The number of halogens is 1. The molecule has 0 aromatic heterocycles. The molecule has 1 aromatic carbocycles. The van der Waals surface area contributed by atoms with Gasteiger partial charge in [0.05, 0.1) is 12.6 Å². The van der Waals surface area contributed by atoms with Crippen LogP contribution < -0.4 is 11.1 Å². The van der Waals surface area contributed by atoms with Crippen LogP contribution >= 0.6 is 15.9 Å². The first-order chi connectivity index (χ1) is 7.77. The standard InChI is InChI=1S/C12H19BrN2O/c1-16-9-12(15-8-2-7-14)10-3-5-11(13)6-4-10/h3-6,12,15H,2,7-9,14H2,1H3. The summed E-state index contributed by atoms with van der Waals surface area (Å²) in [5, 5.41) is 3.44. The van der Waals surface area contributed by atoms with Crippen molar-refractivity contribution in [1.29, 1.82) is 0 Å². The van der Waals surface area contributed by atoms with E-state index >= 15 is 0 Å². The molecule has 4 heteroatoms. The summed E-state index contributed by atoms with van der Waals surface area (Å²) >= 11 is 3.43. The Kier molecular flexibility index (Phi) is 6.64. The van der Waals surface area contributed by atoms with Crippen molar-refractivity contribution in [3.05, 3.63) is 34.3 Å². The normalized spacial score (nSPS) is 12.7. The lowest BCUT2D eigenvalue weighted by Crippen LogP contribution is -2.27. The van der Waals surface area contributed by atoms with Gasteiger partial charge >= 0.3 is 0 Å². The van der Waals surface area contributed by atoms with Crippen LogP contribution in [0.4, 0.5) is 0 Å². The van der Waals surface area contributed by atoms with Gasteiger partial charge in [0.15, 0.2) is 0 Å². The minimum absolute atomic E-state index is 0.240. The summed E-state index contributed by atoms with van der Waals surface area (Å²) in [6.45, 7) is 2.31. The number of rotatable bonds is 7. The average Bonchev–Trinajstić information content (AvgIpc) is 2.29. The number of methoxy groups -OCH3 is 1. The number of nitrogens with one attached hydrogen (secondary N) is 1. The Morgan fingerprint density at radius 3 is 2.62 bits per heavy atom. The summed E-state index contributed by atoms with van der Waals surface area (Å²) in [6.07, 6.45) is 0.983. The van der Waals surface area contributed by atoms with Crippen molar-refractivity contribution in [3.63, 3.8) is 0 Å². The molecule has 0 aliphatic heterocycles. The first-order valence-electron chi connectivity index (χ1n) is 5.45. The van der Waals surface area contributed by atoms with Gasteiger partial charge in [-0.15, -0.1) is 0 Å².